The van der Waals surface area contributed by atoms with Gasteiger partial charge in [0.1, 0.15) is 6.07 Å². The fourth-order valence-corrected chi connectivity index (χ4v) is 1.58. The molecule has 0 aromatic heterocycles. The summed E-state index contributed by atoms with van der Waals surface area (Å²) in [6.45, 7) is 1.91. The Labute approximate surface area is 102 Å². The molecule has 0 radical (unpaired) electrons. The number of nitrogens with one attached hydrogen (secondary N) is 2. The number of nitriles is 1. The fraction of sp³-hybridized carbons (Fsp3) is 0.100. The molecule has 0 heterocycles. The first kappa shape index (κ1) is 12.2. The molecule has 0 saturated carbocycles. The minimum absolute atomic E-state index is 0.143. The summed E-state index contributed by atoms with van der Waals surface area (Å²) in [5, 5.41) is 19.5. The van der Waals surface area contributed by atoms with Gasteiger partial charge in [-0.3, -0.25) is 10.8 Å². The summed E-state index contributed by atoms with van der Waals surface area (Å²) >= 11 is 3.36. The summed E-state index contributed by atoms with van der Waals surface area (Å²) in [5.74, 6) is -0.361. The number of hydrogen-bond donors (Lipinski definition) is 3. The van der Waals surface area contributed by atoms with Gasteiger partial charge < -0.3 is 5.73 Å². The van der Waals surface area contributed by atoms with Crippen LogP contribution in [0.15, 0.2) is 27.8 Å². The number of hydrazone groups is 1. The van der Waals surface area contributed by atoms with Gasteiger partial charge in [-0.15, -0.1) is 0 Å². The van der Waals surface area contributed by atoms with Crippen LogP contribution < -0.4 is 11.2 Å². The molecule has 0 bridgehead atoms. The van der Waals surface area contributed by atoms with E-state index in [9.17, 15) is 0 Å². The van der Waals surface area contributed by atoms with Gasteiger partial charge in [-0.05, 0) is 34.5 Å². The lowest BCUT2D eigenvalue weighted by molar-refractivity contribution is 1.29. The van der Waals surface area contributed by atoms with Crippen molar-refractivity contribution in [3.8, 4) is 6.07 Å². The Morgan fingerprint density at radius 2 is 2.31 bits per heavy atom. The molecule has 1 aromatic carbocycles. The Bertz CT molecular complexity index is 466. The highest BCUT2D eigenvalue weighted by Crippen LogP contribution is 2.25. The van der Waals surface area contributed by atoms with Crippen LogP contribution in [-0.2, 0) is 0 Å². The minimum Gasteiger partial charge on any atom is -0.382 e. The van der Waals surface area contributed by atoms with Crippen molar-refractivity contribution in [2.75, 3.05) is 5.43 Å². The maximum Gasteiger partial charge on any atom is 0.201 e. The van der Waals surface area contributed by atoms with Gasteiger partial charge in [-0.2, -0.15) is 10.4 Å². The zero-order chi connectivity index (χ0) is 12.1. The van der Waals surface area contributed by atoms with E-state index >= 15 is 0 Å². The lowest BCUT2D eigenvalue weighted by Gasteiger charge is -2.07. The molecule has 0 unspecified atom stereocenters. The highest BCUT2D eigenvalue weighted by atomic mass is 79.9. The first-order chi connectivity index (χ1) is 7.56. The second-order valence-electron chi connectivity index (χ2n) is 3.03. The molecule has 0 aliphatic heterocycles. The number of aryl methyl sites for hydroxylation is 1. The molecule has 0 saturated heterocycles. The quantitative estimate of drug-likeness (QED) is 0.448. The molecule has 0 fully saturated rings. The molecule has 16 heavy (non-hydrogen) atoms. The van der Waals surface area contributed by atoms with Gasteiger partial charge in [0.2, 0.25) is 5.71 Å². The smallest absolute Gasteiger partial charge is 0.201 e. The van der Waals surface area contributed by atoms with Gasteiger partial charge in [0.15, 0.2) is 5.84 Å². The minimum atomic E-state index is -0.361. The largest absolute Gasteiger partial charge is 0.382 e. The van der Waals surface area contributed by atoms with Gasteiger partial charge in [0.05, 0.1) is 5.69 Å². The van der Waals surface area contributed by atoms with E-state index in [1.807, 2.05) is 25.1 Å². The van der Waals surface area contributed by atoms with Gasteiger partial charge in [0, 0.05) is 4.47 Å². The molecule has 0 aliphatic carbocycles. The van der Waals surface area contributed by atoms with E-state index in [4.69, 9.17) is 16.4 Å². The first-order valence-electron chi connectivity index (χ1n) is 4.39. The van der Waals surface area contributed by atoms with Crippen LogP contribution in [0.5, 0.6) is 0 Å². The zero-order valence-electron chi connectivity index (χ0n) is 8.58. The topological polar surface area (TPSA) is 98.0 Å². The Hall–Kier alpha value is -1.87. The standard InChI is InChI=1S/C10H10BrN5/c1-6-3-2-4-7(11)9(6)16-15-8(5-12)10(13)14/h2-4,16H,1H3,(H3,13,14)/b15-8+. The SMILES string of the molecule is Cc1cccc(Br)c1N/N=C(\C#N)C(=N)N. The highest BCUT2D eigenvalue weighted by Gasteiger charge is 2.04. The van der Waals surface area contributed by atoms with Crippen molar-refractivity contribution in [1.29, 1.82) is 10.7 Å². The van der Waals surface area contributed by atoms with Crippen molar-refractivity contribution in [2.24, 2.45) is 10.8 Å². The lowest BCUT2D eigenvalue weighted by Crippen LogP contribution is -2.22. The molecule has 1 rings (SSSR count). The van der Waals surface area contributed by atoms with E-state index in [1.54, 1.807) is 6.07 Å². The van der Waals surface area contributed by atoms with Crippen molar-refractivity contribution < 1.29 is 0 Å². The van der Waals surface area contributed by atoms with Crippen LogP contribution in [0.25, 0.3) is 0 Å². The third-order valence-electron chi connectivity index (χ3n) is 1.86. The van der Waals surface area contributed by atoms with Gasteiger partial charge in [0.25, 0.3) is 0 Å². The molecule has 0 atom stereocenters. The molecule has 0 aliphatic rings. The number of amidine groups is 1. The number of rotatable bonds is 3. The van der Waals surface area contributed by atoms with Crippen LogP contribution in [0.3, 0.4) is 0 Å². The van der Waals surface area contributed by atoms with Crippen molar-refractivity contribution in [2.45, 2.75) is 6.92 Å². The number of hydrogen-bond acceptors (Lipinski definition) is 4. The molecule has 82 valence electrons. The third kappa shape index (κ3) is 2.81. The van der Waals surface area contributed by atoms with E-state index in [2.05, 4.69) is 26.5 Å². The predicted molar refractivity (Wildman–Crippen MR) is 67.5 cm³/mol. The van der Waals surface area contributed by atoms with E-state index in [0.717, 1.165) is 15.7 Å². The molecule has 4 N–H and O–H groups in total. The number of anilines is 1. The monoisotopic (exact) mass is 279 g/mol. The summed E-state index contributed by atoms with van der Waals surface area (Å²) in [6.07, 6.45) is 0. The zero-order valence-corrected chi connectivity index (χ0v) is 10.2. The lowest BCUT2D eigenvalue weighted by atomic mass is 10.2. The summed E-state index contributed by atoms with van der Waals surface area (Å²) in [4.78, 5) is 0. The van der Waals surface area contributed by atoms with Crippen LogP contribution in [0.2, 0.25) is 0 Å². The maximum atomic E-state index is 8.66. The van der Waals surface area contributed by atoms with Crippen molar-refractivity contribution in [1.82, 2.24) is 0 Å². The average molecular weight is 280 g/mol. The molecule has 0 spiro atoms. The Morgan fingerprint density at radius 1 is 1.62 bits per heavy atom. The number of nitrogens with zero attached hydrogens (tertiary/aromatic N) is 2. The molecule has 6 heteroatoms. The number of benzene rings is 1. The second kappa shape index (κ2) is 5.28. The molecular formula is C10H10BrN5. The molecule has 5 nitrogen and oxygen atoms in total. The number of nitrogens with two attached hydrogens (primary N) is 1. The van der Waals surface area contributed by atoms with Crippen molar-refractivity contribution >= 4 is 33.2 Å². The van der Waals surface area contributed by atoms with Crippen LogP contribution in [-0.4, -0.2) is 11.5 Å². The Balaban J connectivity index is 2.99. The van der Waals surface area contributed by atoms with Crippen LogP contribution in [0, 0.1) is 23.7 Å². The van der Waals surface area contributed by atoms with E-state index < -0.39 is 0 Å². The van der Waals surface area contributed by atoms with E-state index in [0.29, 0.717) is 0 Å². The number of para-hydroxylation sites is 1. The second-order valence-corrected chi connectivity index (χ2v) is 3.88. The predicted octanol–water partition coefficient (Wildman–Crippen LogP) is 1.98. The van der Waals surface area contributed by atoms with Gasteiger partial charge in [-0.25, -0.2) is 0 Å². The van der Waals surface area contributed by atoms with Crippen LogP contribution >= 0.6 is 15.9 Å². The summed E-state index contributed by atoms with van der Waals surface area (Å²) in [6, 6.07) is 7.38. The molecule has 1 aromatic rings. The normalized spacial score (nSPS) is 10.7. The fourth-order valence-electron chi connectivity index (χ4n) is 1.03. The summed E-state index contributed by atoms with van der Waals surface area (Å²) in [5.41, 5.74) is 9.45. The first-order valence-corrected chi connectivity index (χ1v) is 5.19. The molecular weight excluding hydrogens is 270 g/mol. The Kier molecular flexibility index (Phi) is 4.03. The third-order valence-corrected chi connectivity index (χ3v) is 2.52. The molecule has 0 amide bonds. The van der Waals surface area contributed by atoms with Crippen LogP contribution in [0.1, 0.15) is 5.56 Å². The van der Waals surface area contributed by atoms with E-state index in [-0.39, 0.29) is 11.5 Å². The van der Waals surface area contributed by atoms with Crippen LogP contribution in [0.4, 0.5) is 5.69 Å². The average Bonchev–Trinajstić information content (AvgIpc) is 2.22. The van der Waals surface area contributed by atoms with E-state index in [1.165, 1.54) is 0 Å². The Morgan fingerprint density at radius 3 is 2.81 bits per heavy atom. The van der Waals surface area contributed by atoms with Gasteiger partial charge in [-0.1, -0.05) is 12.1 Å². The number of halogens is 1. The van der Waals surface area contributed by atoms with Crippen molar-refractivity contribution in [3.63, 3.8) is 0 Å². The maximum absolute atomic E-state index is 8.66. The van der Waals surface area contributed by atoms with Gasteiger partial charge >= 0.3 is 0 Å². The highest BCUT2D eigenvalue weighted by molar-refractivity contribution is 9.10. The summed E-state index contributed by atoms with van der Waals surface area (Å²) in [7, 11) is 0. The van der Waals surface area contributed by atoms with Crippen molar-refractivity contribution in [3.05, 3.63) is 28.2 Å². The summed E-state index contributed by atoms with van der Waals surface area (Å²) < 4.78 is 0.831.